The van der Waals surface area contributed by atoms with Crippen LogP contribution in [0.15, 0.2) is 60.0 Å². The zero-order valence-electron chi connectivity index (χ0n) is 15.1. The van der Waals surface area contributed by atoms with Gasteiger partial charge >= 0.3 is 6.03 Å². The predicted molar refractivity (Wildman–Crippen MR) is 105 cm³/mol. The average molecular weight is 398 g/mol. The molecule has 0 bridgehead atoms. The summed E-state index contributed by atoms with van der Waals surface area (Å²) in [6.07, 6.45) is 0. The Labute approximate surface area is 166 Å². The van der Waals surface area contributed by atoms with Crippen molar-refractivity contribution < 1.29 is 18.7 Å². The molecule has 7 heteroatoms. The lowest BCUT2D eigenvalue weighted by molar-refractivity contribution is 0.174. The van der Waals surface area contributed by atoms with E-state index in [2.05, 4.69) is 10.6 Å². The molecule has 5 nitrogen and oxygen atoms in total. The quantitative estimate of drug-likeness (QED) is 0.651. The van der Waals surface area contributed by atoms with E-state index in [4.69, 9.17) is 9.47 Å². The van der Waals surface area contributed by atoms with Gasteiger partial charge in [-0.05, 0) is 53.8 Å². The SMILES string of the molecule is C[C@@H](NC(=O)N[C@H](c1ccc(F)cc1)c1cccs1)c1ccc2c(c1)OCO2. The van der Waals surface area contributed by atoms with Crippen molar-refractivity contribution in [1.29, 1.82) is 0 Å². The van der Waals surface area contributed by atoms with Crippen LogP contribution in [-0.2, 0) is 0 Å². The summed E-state index contributed by atoms with van der Waals surface area (Å²) < 4.78 is 24.0. The molecule has 0 saturated heterocycles. The number of benzene rings is 2. The van der Waals surface area contributed by atoms with Gasteiger partial charge in [0, 0.05) is 4.88 Å². The Kier molecular flexibility index (Phi) is 5.16. The fourth-order valence-electron chi connectivity index (χ4n) is 3.06. The van der Waals surface area contributed by atoms with Crippen molar-refractivity contribution in [2.24, 2.45) is 0 Å². The Morgan fingerprint density at radius 3 is 2.54 bits per heavy atom. The summed E-state index contributed by atoms with van der Waals surface area (Å²) in [5.74, 6) is 1.07. The molecule has 0 spiro atoms. The van der Waals surface area contributed by atoms with Crippen LogP contribution in [0.1, 0.15) is 35.0 Å². The van der Waals surface area contributed by atoms with Crippen molar-refractivity contribution in [1.82, 2.24) is 10.6 Å². The van der Waals surface area contributed by atoms with Crippen molar-refractivity contribution in [3.63, 3.8) is 0 Å². The number of amides is 2. The van der Waals surface area contributed by atoms with E-state index in [1.807, 2.05) is 42.6 Å². The van der Waals surface area contributed by atoms with Crippen LogP contribution in [0.3, 0.4) is 0 Å². The smallest absolute Gasteiger partial charge is 0.316 e. The first-order valence-electron chi connectivity index (χ1n) is 8.85. The minimum Gasteiger partial charge on any atom is -0.454 e. The zero-order valence-corrected chi connectivity index (χ0v) is 16.0. The molecule has 3 aromatic rings. The number of urea groups is 1. The highest BCUT2D eigenvalue weighted by atomic mass is 32.1. The Bertz CT molecular complexity index is 960. The molecule has 2 amide bonds. The molecule has 0 aliphatic carbocycles. The van der Waals surface area contributed by atoms with Crippen LogP contribution in [-0.4, -0.2) is 12.8 Å². The zero-order chi connectivity index (χ0) is 19.5. The molecule has 4 rings (SSSR count). The third-order valence-electron chi connectivity index (χ3n) is 4.55. The molecule has 2 heterocycles. The van der Waals surface area contributed by atoms with E-state index in [1.165, 1.54) is 23.5 Å². The fourth-order valence-corrected chi connectivity index (χ4v) is 3.87. The number of rotatable bonds is 5. The van der Waals surface area contributed by atoms with Gasteiger partial charge in [-0.1, -0.05) is 24.3 Å². The van der Waals surface area contributed by atoms with E-state index < -0.39 is 0 Å². The summed E-state index contributed by atoms with van der Waals surface area (Å²) in [5, 5.41) is 7.88. The van der Waals surface area contributed by atoms with Gasteiger partial charge in [0.1, 0.15) is 5.82 Å². The summed E-state index contributed by atoms with van der Waals surface area (Å²) in [5.41, 5.74) is 1.73. The maximum atomic E-state index is 13.3. The number of carbonyl (C=O) groups excluding carboxylic acids is 1. The second-order valence-electron chi connectivity index (χ2n) is 6.45. The highest BCUT2D eigenvalue weighted by Gasteiger charge is 2.20. The summed E-state index contributed by atoms with van der Waals surface area (Å²) in [4.78, 5) is 13.6. The number of halogens is 1. The Hall–Kier alpha value is -3.06. The fraction of sp³-hybridized carbons (Fsp3) is 0.190. The molecule has 2 atom stereocenters. The molecule has 1 aliphatic heterocycles. The summed E-state index contributed by atoms with van der Waals surface area (Å²) in [6.45, 7) is 2.11. The predicted octanol–water partition coefficient (Wildman–Crippen LogP) is 4.77. The van der Waals surface area contributed by atoms with Crippen LogP contribution in [0.5, 0.6) is 11.5 Å². The van der Waals surface area contributed by atoms with E-state index in [1.54, 1.807) is 12.1 Å². The highest BCUT2D eigenvalue weighted by Crippen LogP contribution is 2.34. The maximum absolute atomic E-state index is 13.3. The van der Waals surface area contributed by atoms with Crippen molar-refractivity contribution in [3.05, 3.63) is 81.8 Å². The van der Waals surface area contributed by atoms with Crippen molar-refractivity contribution >= 4 is 17.4 Å². The normalized spacial score (nSPS) is 14.4. The van der Waals surface area contributed by atoms with Gasteiger partial charge in [0.15, 0.2) is 11.5 Å². The van der Waals surface area contributed by atoms with Crippen LogP contribution in [0.25, 0.3) is 0 Å². The van der Waals surface area contributed by atoms with Crippen LogP contribution >= 0.6 is 11.3 Å². The number of thiophene rings is 1. The summed E-state index contributed by atoms with van der Waals surface area (Å²) in [6, 6.07) is 14.7. The number of fused-ring (bicyclic) bond motifs is 1. The van der Waals surface area contributed by atoms with E-state index in [0.29, 0.717) is 11.5 Å². The number of hydrogen-bond donors (Lipinski definition) is 2. The molecule has 1 aliphatic rings. The number of ether oxygens (including phenoxy) is 2. The molecule has 0 unspecified atom stereocenters. The van der Waals surface area contributed by atoms with Crippen molar-refractivity contribution in [2.45, 2.75) is 19.0 Å². The molecule has 0 fully saturated rings. The van der Waals surface area contributed by atoms with Crippen LogP contribution in [0.2, 0.25) is 0 Å². The summed E-state index contributed by atoms with van der Waals surface area (Å²) in [7, 11) is 0. The second kappa shape index (κ2) is 7.90. The van der Waals surface area contributed by atoms with Crippen LogP contribution in [0, 0.1) is 5.82 Å². The monoisotopic (exact) mass is 398 g/mol. The van der Waals surface area contributed by atoms with Gasteiger partial charge in [-0.25, -0.2) is 9.18 Å². The van der Waals surface area contributed by atoms with E-state index in [-0.39, 0.29) is 30.7 Å². The molecule has 0 saturated carbocycles. The number of hydrogen-bond acceptors (Lipinski definition) is 4. The number of nitrogens with one attached hydrogen (secondary N) is 2. The largest absolute Gasteiger partial charge is 0.454 e. The van der Waals surface area contributed by atoms with Gasteiger partial charge in [0.2, 0.25) is 6.79 Å². The third kappa shape index (κ3) is 3.94. The molecule has 28 heavy (non-hydrogen) atoms. The van der Waals surface area contributed by atoms with Crippen LogP contribution < -0.4 is 20.1 Å². The first-order valence-corrected chi connectivity index (χ1v) is 9.73. The van der Waals surface area contributed by atoms with Gasteiger partial charge in [-0.3, -0.25) is 0 Å². The second-order valence-corrected chi connectivity index (χ2v) is 7.43. The van der Waals surface area contributed by atoms with E-state index >= 15 is 0 Å². The van der Waals surface area contributed by atoms with Gasteiger partial charge in [-0.2, -0.15) is 0 Å². The molecule has 2 N–H and O–H groups in total. The Morgan fingerprint density at radius 1 is 1.04 bits per heavy atom. The number of carbonyl (C=O) groups is 1. The molecule has 144 valence electrons. The standard InChI is InChI=1S/C21H19FN2O3S/c1-13(15-6-9-17-18(11-15)27-12-26-17)23-21(25)24-20(19-3-2-10-28-19)14-4-7-16(22)8-5-14/h2-11,13,20H,12H2,1H3,(H2,23,24,25)/t13-,20-/m1/s1. The molecule has 0 radical (unpaired) electrons. The maximum Gasteiger partial charge on any atom is 0.316 e. The third-order valence-corrected chi connectivity index (χ3v) is 5.49. The summed E-state index contributed by atoms with van der Waals surface area (Å²) >= 11 is 1.53. The molecular formula is C21H19FN2O3S. The topological polar surface area (TPSA) is 59.6 Å². The van der Waals surface area contributed by atoms with Gasteiger partial charge in [-0.15, -0.1) is 11.3 Å². The minimum absolute atomic E-state index is 0.210. The highest BCUT2D eigenvalue weighted by molar-refractivity contribution is 7.10. The molecular weight excluding hydrogens is 379 g/mol. The lowest BCUT2D eigenvalue weighted by Gasteiger charge is -2.21. The van der Waals surface area contributed by atoms with E-state index in [0.717, 1.165) is 16.0 Å². The first kappa shape index (κ1) is 18.3. The Morgan fingerprint density at radius 2 is 1.79 bits per heavy atom. The van der Waals surface area contributed by atoms with Crippen LogP contribution in [0.4, 0.5) is 9.18 Å². The van der Waals surface area contributed by atoms with Gasteiger partial charge < -0.3 is 20.1 Å². The molecule has 2 aromatic carbocycles. The van der Waals surface area contributed by atoms with Crippen molar-refractivity contribution in [2.75, 3.05) is 6.79 Å². The first-order chi connectivity index (χ1) is 13.6. The van der Waals surface area contributed by atoms with Crippen molar-refractivity contribution in [3.8, 4) is 11.5 Å². The lowest BCUT2D eigenvalue weighted by atomic mass is 10.1. The lowest BCUT2D eigenvalue weighted by Crippen LogP contribution is -2.39. The minimum atomic E-state index is -0.357. The average Bonchev–Trinajstić information content (AvgIpc) is 3.38. The Balaban J connectivity index is 1.47. The molecule has 1 aromatic heterocycles. The van der Waals surface area contributed by atoms with Gasteiger partial charge in [0.05, 0.1) is 12.1 Å². The van der Waals surface area contributed by atoms with E-state index in [9.17, 15) is 9.18 Å². The van der Waals surface area contributed by atoms with Gasteiger partial charge in [0.25, 0.3) is 0 Å².